The Morgan fingerprint density at radius 3 is 1.77 bits per heavy atom. The SMILES string of the molecule is Cc1ccc([S+](c2ccc(C)cc2)c2ccc3oc4ccccc4c(=S)c3c2)cc1. The predicted octanol–water partition coefficient (Wildman–Crippen LogP) is 8.03. The van der Waals surface area contributed by atoms with Gasteiger partial charge in [0, 0.05) is 16.8 Å². The van der Waals surface area contributed by atoms with Crippen LogP contribution in [0.4, 0.5) is 0 Å². The van der Waals surface area contributed by atoms with Gasteiger partial charge in [-0.2, -0.15) is 0 Å². The summed E-state index contributed by atoms with van der Waals surface area (Å²) in [5.74, 6) is 0. The molecule has 0 radical (unpaired) electrons. The van der Waals surface area contributed by atoms with Crippen LogP contribution in [0, 0.1) is 18.4 Å². The fourth-order valence-electron chi connectivity index (χ4n) is 3.67. The van der Waals surface area contributed by atoms with Gasteiger partial charge >= 0.3 is 0 Å². The van der Waals surface area contributed by atoms with Crippen molar-refractivity contribution >= 4 is 45.1 Å². The summed E-state index contributed by atoms with van der Waals surface area (Å²) >= 11 is 5.85. The van der Waals surface area contributed by atoms with E-state index in [-0.39, 0.29) is 10.9 Å². The monoisotopic (exact) mass is 425 g/mol. The summed E-state index contributed by atoms with van der Waals surface area (Å²) in [5, 5.41) is 1.99. The predicted molar refractivity (Wildman–Crippen MR) is 129 cm³/mol. The third kappa shape index (κ3) is 3.45. The van der Waals surface area contributed by atoms with Gasteiger partial charge in [-0.25, -0.2) is 0 Å². The van der Waals surface area contributed by atoms with E-state index in [2.05, 4.69) is 80.6 Å². The second kappa shape index (κ2) is 7.75. The van der Waals surface area contributed by atoms with E-state index in [0.29, 0.717) is 0 Å². The van der Waals surface area contributed by atoms with Crippen LogP contribution in [0.15, 0.2) is 110 Å². The van der Waals surface area contributed by atoms with E-state index in [1.165, 1.54) is 25.8 Å². The number of para-hydroxylation sites is 1. The van der Waals surface area contributed by atoms with E-state index in [1.54, 1.807) is 0 Å². The Labute approximate surface area is 184 Å². The fourth-order valence-corrected chi connectivity index (χ4v) is 6.07. The minimum atomic E-state index is -0.217. The van der Waals surface area contributed by atoms with Gasteiger partial charge in [0.15, 0.2) is 14.7 Å². The number of hydrogen-bond acceptors (Lipinski definition) is 2. The maximum absolute atomic E-state index is 6.14. The molecule has 0 amide bonds. The van der Waals surface area contributed by atoms with Gasteiger partial charge in [0.05, 0.1) is 15.4 Å². The molecule has 0 unspecified atom stereocenters. The highest BCUT2D eigenvalue weighted by atomic mass is 32.2. The molecule has 5 rings (SSSR count). The lowest BCUT2D eigenvalue weighted by molar-refractivity contribution is 0.660. The number of benzene rings is 4. The molecule has 146 valence electrons. The quantitative estimate of drug-likeness (QED) is 0.165. The van der Waals surface area contributed by atoms with E-state index in [9.17, 15) is 0 Å². The minimum absolute atomic E-state index is 0.217. The Balaban J connectivity index is 1.74. The van der Waals surface area contributed by atoms with Crippen molar-refractivity contribution < 1.29 is 4.42 Å². The first kappa shape index (κ1) is 19.1. The van der Waals surface area contributed by atoms with E-state index in [0.717, 1.165) is 26.4 Å². The molecule has 30 heavy (non-hydrogen) atoms. The van der Waals surface area contributed by atoms with Gasteiger partial charge in [-0.15, -0.1) is 0 Å². The van der Waals surface area contributed by atoms with Crippen molar-refractivity contribution in [3.05, 3.63) is 107 Å². The number of hydrogen-bond donors (Lipinski definition) is 0. The summed E-state index contributed by atoms with van der Waals surface area (Å²) in [6.45, 7) is 4.25. The zero-order valence-corrected chi connectivity index (χ0v) is 18.5. The molecule has 1 heterocycles. The highest BCUT2D eigenvalue weighted by Gasteiger charge is 2.29. The Morgan fingerprint density at radius 1 is 0.600 bits per heavy atom. The zero-order valence-electron chi connectivity index (χ0n) is 16.9. The second-order valence-electron chi connectivity index (χ2n) is 7.52. The minimum Gasteiger partial charge on any atom is -0.456 e. The van der Waals surface area contributed by atoms with Crippen LogP contribution in [0.25, 0.3) is 21.9 Å². The number of rotatable bonds is 3. The summed E-state index contributed by atoms with van der Waals surface area (Å²) in [6, 6.07) is 32.2. The highest BCUT2D eigenvalue weighted by Crippen LogP contribution is 2.35. The molecular weight excluding hydrogens is 404 g/mol. The Bertz CT molecular complexity index is 1370. The van der Waals surface area contributed by atoms with Gasteiger partial charge in [0.1, 0.15) is 11.2 Å². The number of fused-ring (bicyclic) bond motifs is 2. The summed E-state index contributed by atoms with van der Waals surface area (Å²) in [6.07, 6.45) is 0. The normalized spacial score (nSPS) is 11.4. The van der Waals surface area contributed by atoms with Crippen LogP contribution in [-0.4, -0.2) is 0 Å². The maximum Gasteiger partial charge on any atom is 0.167 e. The van der Waals surface area contributed by atoms with Crippen LogP contribution < -0.4 is 0 Å². The van der Waals surface area contributed by atoms with Crippen molar-refractivity contribution in [2.24, 2.45) is 0 Å². The van der Waals surface area contributed by atoms with Gasteiger partial charge in [-0.3, -0.25) is 0 Å². The van der Waals surface area contributed by atoms with Crippen molar-refractivity contribution in [2.75, 3.05) is 0 Å². The van der Waals surface area contributed by atoms with Crippen molar-refractivity contribution in [1.82, 2.24) is 0 Å². The molecule has 4 aromatic carbocycles. The lowest BCUT2D eigenvalue weighted by atomic mass is 10.1. The Morgan fingerprint density at radius 2 is 1.13 bits per heavy atom. The average molecular weight is 426 g/mol. The van der Waals surface area contributed by atoms with Crippen LogP contribution >= 0.6 is 12.2 Å². The van der Waals surface area contributed by atoms with Crippen LogP contribution in [-0.2, 0) is 10.9 Å². The first-order valence-electron chi connectivity index (χ1n) is 9.93. The third-order valence-electron chi connectivity index (χ3n) is 5.30. The summed E-state index contributed by atoms with van der Waals surface area (Å²) in [7, 11) is -0.217. The smallest absolute Gasteiger partial charge is 0.167 e. The molecule has 0 saturated carbocycles. The number of aryl methyl sites for hydroxylation is 2. The van der Waals surface area contributed by atoms with Crippen LogP contribution in [0.2, 0.25) is 0 Å². The fraction of sp³-hybridized carbons (Fsp3) is 0.0741. The van der Waals surface area contributed by atoms with E-state index in [4.69, 9.17) is 16.6 Å². The van der Waals surface area contributed by atoms with Gasteiger partial charge < -0.3 is 4.42 Å². The van der Waals surface area contributed by atoms with Gasteiger partial charge in [0.2, 0.25) is 0 Å². The molecule has 1 aromatic heterocycles. The van der Waals surface area contributed by atoms with Crippen LogP contribution in [0.1, 0.15) is 11.1 Å². The second-order valence-corrected chi connectivity index (χ2v) is 9.95. The molecule has 0 atom stereocenters. The standard InChI is InChI=1S/C27H21OS2/c1-18-7-11-20(12-8-18)30(21-13-9-19(2)10-14-21)22-15-16-26-24(17-22)27(29)23-5-3-4-6-25(23)28-26/h3-17H,1-2H3/q+1. The molecule has 0 spiro atoms. The van der Waals surface area contributed by atoms with Crippen molar-refractivity contribution in [3.63, 3.8) is 0 Å². The molecule has 0 aliphatic carbocycles. The lowest BCUT2D eigenvalue weighted by Crippen LogP contribution is -2.05. The molecule has 5 aromatic rings. The average Bonchev–Trinajstić information content (AvgIpc) is 2.77. The summed E-state index contributed by atoms with van der Waals surface area (Å²) < 4.78 is 6.99. The van der Waals surface area contributed by atoms with Crippen molar-refractivity contribution in [1.29, 1.82) is 0 Å². The molecule has 0 aliphatic heterocycles. The summed E-state index contributed by atoms with van der Waals surface area (Å²) in [5.41, 5.74) is 4.20. The first-order valence-corrected chi connectivity index (χ1v) is 11.6. The highest BCUT2D eigenvalue weighted by molar-refractivity contribution is 7.97. The third-order valence-corrected chi connectivity index (χ3v) is 7.95. The molecule has 3 heteroatoms. The molecule has 0 N–H and O–H groups in total. The lowest BCUT2D eigenvalue weighted by Gasteiger charge is -2.10. The Kier molecular flexibility index (Phi) is 4.93. The van der Waals surface area contributed by atoms with E-state index >= 15 is 0 Å². The van der Waals surface area contributed by atoms with Crippen molar-refractivity contribution in [3.8, 4) is 0 Å². The maximum atomic E-state index is 6.14. The molecular formula is C27H21OS2+. The Hall–Kier alpha value is -2.88. The van der Waals surface area contributed by atoms with E-state index in [1.807, 2.05) is 24.3 Å². The van der Waals surface area contributed by atoms with Gasteiger partial charge in [0.25, 0.3) is 0 Å². The molecule has 0 fully saturated rings. The zero-order chi connectivity index (χ0) is 20.7. The molecule has 0 aliphatic rings. The first-order chi connectivity index (χ1) is 14.6. The largest absolute Gasteiger partial charge is 0.456 e. The topological polar surface area (TPSA) is 13.1 Å². The van der Waals surface area contributed by atoms with Crippen LogP contribution in [0.3, 0.4) is 0 Å². The molecule has 0 saturated heterocycles. The molecule has 1 nitrogen and oxygen atoms in total. The van der Waals surface area contributed by atoms with Gasteiger partial charge in [-0.05, 0) is 62.4 Å². The van der Waals surface area contributed by atoms with Gasteiger partial charge in [-0.1, -0.05) is 59.7 Å². The summed E-state index contributed by atoms with van der Waals surface area (Å²) in [4.78, 5) is 3.84. The van der Waals surface area contributed by atoms with Crippen molar-refractivity contribution in [2.45, 2.75) is 28.5 Å². The van der Waals surface area contributed by atoms with E-state index < -0.39 is 0 Å². The molecule has 0 bridgehead atoms. The van der Waals surface area contributed by atoms with Crippen LogP contribution in [0.5, 0.6) is 0 Å².